The summed E-state index contributed by atoms with van der Waals surface area (Å²) in [5.74, 6) is 2.28. The SMILES string of the molecule is Cc1cc2c(cc1C)-c1nc-2nc2[n-]c(nc3nc(nc4[n-]c(n1)c1cc(C)c(C)cc41)-c1cc(C)c(C)cc1-3)c1cc(C)c(C)cc21. The summed E-state index contributed by atoms with van der Waals surface area (Å²) < 4.78 is 0. The third-order valence-corrected chi connectivity index (χ3v) is 10.2. The van der Waals surface area contributed by atoms with Gasteiger partial charge < -0.3 is 29.9 Å². The minimum absolute atomic E-state index is 0.571. The van der Waals surface area contributed by atoms with Crippen molar-refractivity contribution in [2.75, 3.05) is 0 Å². The fraction of sp³-hybridized carbons (Fsp3) is 0.200. The number of aryl methyl sites for hydroxylation is 8. The van der Waals surface area contributed by atoms with E-state index in [1.165, 1.54) is 0 Å². The normalized spacial score (nSPS) is 12.2. The monoisotopic (exact) mass is 624 g/mol. The highest BCUT2D eigenvalue weighted by Crippen LogP contribution is 2.39. The van der Waals surface area contributed by atoms with E-state index in [1.807, 2.05) is 0 Å². The standard InChI is InChI=1S/C40H32N8/c1-17-9-25-26(10-18(17)2)34-41-33(25)45-35-27-11-19(3)20(4)12-28(27)37(42-35)47-39-31-15-23(7)24(8)16-32(31)40(44-39)48-38-30-14-22(6)21(5)13-29(30)36(43-38)46-34/h9-16H,1-8H3/q-2. The molecule has 0 saturated carbocycles. The van der Waals surface area contributed by atoms with Gasteiger partial charge in [0.2, 0.25) is 0 Å². The van der Waals surface area contributed by atoms with Gasteiger partial charge in [0.1, 0.15) is 0 Å². The van der Waals surface area contributed by atoms with Gasteiger partial charge in [0.25, 0.3) is 0 Å². The largest absolute Gasteiger partial charge is 0.357 e. The van der Waals surface area contributed by atoms with E-state index >= 15 is 0 Å². The molecular weight excluding hydrogens is 592 g/mol. The molecule has 5 heterocycles. The molecule has 234 valence electrons. The maximum Gasteiger partial charge on any atom is 0.0927 e. The maximum atomic E-state index is 5.14. The van der Waals surface area contributed by atoms with Crippen LogP contribution in [0.25, 0.3) is 89.7 Å². The van der Waals surface area contributed by atoms with Gasteiger partial charge >= 0.3 is 0 Å². The first kappa shape index (κ1) is 28.5. The van der Waals surface area contributed by atoms with E-state index in [2.05, 4.69) is 104 Å². The van der Waals surface area contributed by atoms with Crippen LogP contribution in [0.3, 0.4) is 0 Å². The predicted molar refractivity (Wildman–Crippen MR) is 192 cm³/mol. The van der Waals surface area contributed by atoms with Crippen molar-refractivity contribution in [3.05, 3.63) is 93.0 Å². The molecule has 8 nitrogen and oxygen atoms in total. The number of hydrogen-bond acceptors (Lipinski definition) is 6. The summed E-state index contributed by atoms with van der Waals surface area (Å²) in [5.41, 5.74) is 15.2. The quantitative estimate of drug-likeness (QED) is 0.165. The second-order valence-corrected chi connectivity index (χ2v) is 13.4. The smallest absolute Gasteiger partial charge is 0.0927 e. The molecule has 0 aliphatic carbocycles. The van der Waals surface area contributed by atoms with Crippen LogP contribution in [-0.4, -0.2) is 29.9 Å². The van der Waals surface area contributed by atoms with E-state index in [4.69, 9.17) is 39.9 Å². The third kappa shape index (κ3) is 4.15. The second-order valence-electron chi connectivity index (χ2n) is 13.4. The molecule has 0 amide bonds. The van der Waals surface area contributed by atoms with Crippen LogP contribution < -0.4 is 9.97 Å². The number of aromatic nitrogens is 8. The molecule has 2 aliphatic rings. The van der Waals surface area contributed by atoms with Crippen LogP contribution in [0.2, 0.25) is 0 Å². The van der Waals surface area contributed by atoms with Gasteiger partial charge in [-0.1, -0.05) is 24.3 Å². The molecule has 4 aromatic carbocycles. The van der Waals surface area contributed by atoms with Crippen LogP contribution in [0, 0.1) is 55.4 Å². The lowest BCUT2D eigenvalue weighted by atomic mass is 10.0. The van der Waals surface area contributed by atoms with Crippen LogP contribution in [0.15, 0.2) is 48.5 Å². The minimum Gasteiger partial charge on any atom is -0.357 e. The first-order valence-electron chi connectivity index (χ1n) is 16.2. The van der Waals surface area contributed by atoms with Crippen molar-refractivity contribution < 1.29 is 0 Å². The average molecular weight is 625 g/mol. The third-order valence-electron chi connectivity index (χ3n) is 10.2. The van der Waals surface area contributed by atoms with E-state index < -0.39 is 0 Å². The first-order valence-corrected chi connectivity index (χ1v) is 16.2. The molecule has 0 spiro atoms. The van der Waals surface area contributed by atoms with Gasteiger partial charge in [-0.3, -0.25) is 0 Å². The highest BCUT2D eigenvalue weighted by atomic mass is 15.1. The molecule has 0 saturated heterocycles. The average Bonchev–Trinajstić information content (AvgIpc) is 3.74. The van der Waals surface area contributed by atoms with Gasteiger partial charge in [-0.25, -0.2) is 9.97 Å². The van der Waals surface area contributed by atoms with E-state index in [-0.39, 0.29) is 0 Å². The zero-order valence-electron chi connectivity index (χ0n) is 28.2. The van der Waals surface area contributed by atoms with Gasteiger partial charge in [-0.2, -0.15) is 0 Å². The van der Waals surface area contributed by atoms with Crippen LogP contribution in [0.5, 0.6) is 0 Å². The number of hydrogen-bond donors (Lipinski definition) is 0. The van der Waals surface area contributed by atoms with Crippen molar-refractivity contribution >= 4 is 44.1 Å². The molecular formula is C40H32N8-2. The summed E-state index contributed by atoms with van der Waals surface area (Å²) in [6, 6.07) is 17.2. The Labute approximate surface area is 277 Å². The van der Waals surface area contributed by atoms with E-state index in [1.54, 1.807) is 0 Å². The summed E-state index contributed by atoms with van der Waals surface area (Å²) in [6.07, 6.45) is 0. The Kier molecular flexibility index (Phi) is 5.85. The number of benzene rings is 4. The summed E-state index contributed by atoms with van der Waals surface area (Å²) >= 11 is 0. The molecule has 48 heavy (non-hydrogen) atoms. The Morgan fingerprint density at radius 1 is 0.292 bits per heavy atom. The molecule has 0 atom stereocenters. The highest BCUT2D eigenvalue weighted by Gasteiger charge is 2.19. The zero-order valence-corrected chi connectivity index (χ0v) is 28.2. The Hall–Kier alpha value is -5.76. The molecule has 3 aromatic heterocycles. The van der Waals surface area contributed by atoms with Crippen molar-refractivity contribution in [2.45, 2.75) is 55.4 Å². The number of nitrogens with zero attached hydrogens (tertiary/aromatic N) is 8. The fourth-order valence-corrected chi connectivity index (χ4v) is 6.71. The van der Waals surface area contributed by atoms with Crippen LogP contribution in [0.4, 0.5) is 0 Å². The van der Waals surface area contributed by atoms with E-state index in [0.717, 1.165) is 88.3 Å². The predicted octanol–water partition coefficient (Wildman–Crippen LogP) is 8.59. The number of fused-ring (bicyclic) bond motifs is 20. The van der Waals surface area contributed by atoms with E-state index in [9.17, 15) is 0 Å². The molecule has 0 fully saturated rings. The summed E-state index contributed by atoms with van der Waals surface area (Å²) in [4.78, 5) is 40.8. The topological polar surface area (TPSA) is 106 Å². The lowest BCUT2D eigenvalue weighted by Crippen LogP contribution is -1.88. The molecule has 0 radical (unpaired) electrons. The van der Waals surface area contributed by atoms with Crippen molar-refractivity contribution in [1.82, 2.24) is 39.9 Å². The summed E-state index contributed by atoms with van der Waals surface area (Å²) in [6.45, 7) is 16.9. The summed E-state index contributed by atoms with van der Waals surface area (Å²) in [5, 5.41) is 3.69. The first-order chi connectivity index (χ1) is 23.0. The lowest BCUT2D eigenvalue weighted by molar-refractivity contribution is 1.18. The van der Waals surface area contributed by atoms with Crippen molar-refractivity contribution in [1.29, 1.82) is 0 Å². The van der Waals surface area contributed by atoms with Crippen LogP contribution in [0.1, 0.15) is 44.5 Å². The van der Waals surface area contributed by atoms with Gasteiger partial charge in [-0.05, 0) is 146 Å². The van der Waals surface area contributed by atoms with Gasteiger partial charge in [-0.15, -0.1) is 0 Å². The number of rotatable bonds is 0. The van der Waals surface area contributed by atoms with Gasteiger partial charge in [0.05, 0.1) is 23.3 Å². The minimum atomic E-state index is 0.571. The van der Waals surface area contributed by atoms with Crippen molar-refractivity contribution in [3.8, 4) is 45.6 Å². The van der Waals surface area contributed by atoms with Crippen LogP contribution >= 0.6 is 0 Å². The highest BCUT2D eigenvalue weighted by molar-refractivity contribution is 6.07. The van der Waals surface area contributed by atoms with E-state index in [0.29, 0.717) is 45.9 Å². The molecule has 0 unspecified atom stereocenters. The second kappa shape index (κ2) is 9.87. The van der Waals surface area contributed by atoms with Crippen LogP contribution in [-0.2, 0) is 0 Å². The Balaban J connectivity index is 1.52. The van der Waals surface area contributed by atoms with Gasteiger partial charge in [0.15, 0.2) is 0 Å². The molecule has 9 rings (SSSR count). The summed E-state index contributed by atoms with van der Waals surface area (Å²) in [7, 11) is 0. The lowest BCUT2D eigenvalue weighted by Gasteiger charge is -2.07. The fourth-order valence-electron chi connectivity index (χ4n) is 6.71. The molecule has 7 aromatic rings. The van der Waals surface area contributed by atoms with Crippen molar-refractivity contribution in [3.63, 3.8) is 0 Å². The zero-order chi connectivity index (χ0) is 33.2. The Morgan fingerprint density at radius 2 is 0.500 bits per heavy atom. The molecule has 0 N–H and O–H groups in total. The molecule has 2 aliphatic heterocycles. The Morgan fingerprint density at radius 3 is 0.729 bits per heavy atom. The molecule has 8 bridgehead atoms. The molecule has 8 heteroatoms. The maximum absolute atomic E-state index is 5.14. The van der Waals surface area contributed by atoms with Crippen molar-refractivity contribution in [2.24, 2.45) is 0 Å². The Bertz CT molecular complexity index is 2400. The van der Waals surface area contributed by atoms with Gasteiger partial charge in [0, 0.05) is 44.8 Å².